The highest BCUT2D eigenvalue weighted by atomic mass is 79.9. The Morgan fingerprint density at radius 2 is 1.61 bits per heavy atom. The van der Waals surface area contributed by atoms with E-state index in [0.717, 1.165) is 27.0 Å². The van der Waals surface area contributed by atoms with Crippen LogP contribution in [0.2, 0.25) is 5.02 Å². The summed E-state index contributed by atoms with van der Waals surface area (Å²) in [4.78, 5) is 12.3. The second kappa shape index (κ2) is 11.1. The van der Waals surface area contributed by atoms with Gasteiger partial charge in [0, 0.05) is 33.5 Å². The van der Waals surface area contributed by atoms with E-state index in [1.54, 1.807) is 6.07 Å². The van der Waals surface area contributed by atoms with E-state index in [0.29, 0.717) is 29.7 Å². The standard InChI is InChI=1S/C24H24BrClN2O3/c1-3-30-22-12-17(14-27-19-10-6-18(25)7-11-19)21(26)13-23(22)31-15-24(29)28-20-8-4-16(2)5-9-20/h4-13,27H,3,14-15H2,1-2H3,(H,28,29). The molecule has 2 N–H and O–H groups in total. The Morgan fingerprint density at radius 3 is 2.29 bits per heavy atom. The SMILES string of the molecule is CCOc1cc(CNc2ccc(Br)cc2)c(Cl)cc1OCC(=O)Nc1ccc(C)cc1. The maximum atomic E-state index is 12.3. The molecular weight excluding hydrogens is 480 g/mol. The molecule has 0 aliphatic carbocycles. The molecule has 3 rings (SSSR count). The molecule has 0 heterocycles. The van der Waals surface area contributed by atoms with Crippen LogP contribution in [0.1, 0.15) is 18.1 Å². The first-order valence-corrected chi connectivity index (χ1v) is 11.1. The van der Waals surface area contributed by atoms with Crippen molar-refractivity contribution in [2.45, 2.75) is 20.4 Å². The van der Waals surface area contributed by atoms with Crippen molar-refractivity contribution < 1.29 is 14.3 Å². The van der Waals surface area contributed by atoms with Crippen LogP contribution < -0.4 is 20.1 Å². The molecule has 0 aliphatic rings. The zero-order valence-corrected chi connectivity index (χ0v) is 19.7. The van der Waals surface area contributed by atoms with Gasteiger partial charge in [0.25, 0.3) is 5.91 Å². The van der Waals surface area contributed by atoms with Crippen molar-refractivity contribution in [3.05, 3.63) is 81.3 Å². The molecule has 0 aliphatic heterocycles. The predicted octanol–water partition coefficient (Wildman–Crippen LogP) is 6.44. The Kier molecular flexibility index (Phi) is 8.20. The molecular formula is C24H24BrClN2O3. The van der Waals surface area contributed by atoms with Crippen LogP contribution in [0.15, 0.2) is 65.1 Å². The molecule has 3 aromatic carbocycles. The number of amides is 1. The molecule has 0 saturated carbocycles. The van der Waals surface area contributed by atoms with Crippen molar-refractivity contribution in [2.75, 3.05) is 23.8 Å². The zero-order chi connectivity index (χ0) is 22.2. The zero-order valence-electron chi connectivity index (χ0n) is 17.4. The molecule has 1 amide bonds. The fraction of sp³-hybridized carbons (Fsp3) is 0.208. The van der Waals surface area contributed by atoms with Gasteiger partial charge in [0.2, 0.25) is 0 Å². The van der Waals surface area contributed by atoms with Crippen LogP contribution >= 0.6 is 27.5 Å². The minimum absolute atomic E-state index is 0.152. The molecule has 0 unspecified atom stereocenters. The van der Waals surface area contributed by atoms with Gasteiger partial charge in [-0.25, -0.2) is 0 Å². The minimum Gasteiger partial charge on any atom is -0.490 e. The summed E-state index contributed by atoms with van der Waals surface area (Å²) in [6.07, 6.45) is 0. The van der Waals surface area contributed by atoms with Crippen LogP contribution in [-0.2, 0) is 11.3 Å². The first-order chi connectivity index (χ1) is 14.9. The molecule has 0 aromatic heterocycles. The molecule has 0 spiro atoms. The molecule has 0 radical (unpaired) electrons. The van der Waals surface area contributed by atoms with E-state index in [1.807, 2.05) is 68.4 Å². The number of rotatable bonds is 9. The van der Waals surface area contributed by atoms with Crippen molar-refractivity contribution in [3.63, 3.8) is 0 Å². The maximum absolute atomic E-state index is 12.3. The van der Waals surface area contributed by atoms with E-state index in [-0.39, 0.29) is 12.5 Å². The summed E-state index contributed by atoms with van der Waals surface area (Å²) in [5, 5.41) is 6.67. The van der Waals surface area contributed by atoms with Gasteiger partial charge in [-0.15, -0.1) is 0 Å². The highest BCUT2D eigenvalue weighted by Gasteiger charge is 2.13. The summed E-state index contributed by atoms with van der Waals surface area (Å²) < 4.78 is 12.4. The van der Waals surface area contributed by atoms with E-state index >= 15 is 0 Å². The molecule has 5 nitrogen and oxygen atoms in total. The Bertz CT molecular complexity index is 1020. The number of carbonyl (C=O) groups excluding carboxylic acids is 1. The summed E-state index contributed by atoms with van der Waals surface area (Å²) in [7, 11) is 0. The van der Waals surface area contributed by atoms with Crippen LogP contribution in [0.5, 0.6) is 11.5 Å². The van der Waals surface area contributed by atoms with Gasteiger partial charge in [0.1, 0.15) is 0 Å². The number of carbonyl (C=O) groups is 1. The maximum Gasteiger partial charge on any atom is 0.262 e. The predicted molar refractivity (Wildman–Crippen MR) is 129 cm³/mol. The fourth-order valence-corrected chi connectivity index (χ4v) is 3.32. The van der Waals surface area contributed by atoms with Gasteiger partial charge in [-0.2, -0.15) is 0 Å². The highest BCUT2D eigenvalue weighted by molar-refractivity contribution is 9.10. The number of anilines is 2. The van der Waals surface area contributed by atoms with E-state index in [4.69, 9.17) is 21.1 Å². The molecule has 162 valence electrons. The lowest BCUT2D eigenvalue weighted by molar-refractivity contribution is -0.118. The topological polar surface area (TPSA) is 59.6 Å². The molecule has 7 heteroatoms. The lowest BCUT2D eigenvalue weighted by Crippen LogP contribution is -2.20. The third-order valence-corrected chi connectivity index (χ3v) is 5.31. The Morgan fingerprint density at radius 1 is 0.968 bits per heavy atom. The van der Waals surface area contributed by atoms with Crippen LogP contribution in [0.25, 0.3) is 0 Å². The molecule has 0 fully saturated rings. The van der Waals surface area contributed by atoms with Gasteiger partial charge in [0.15, 0.2) is 18.1 Å². The summed E-state index contributed by atoms with van der Waals surface area (Å²) in [6, 6.07) is 19.0. The van der Waals surface area contributed by atoms with E-state index < -0.39 is 0 Å². The van der Waals surface area contributed by atoms with Crippen LogP contribution in [0, 0.1) is 6.92 Å². The number of hydrogen-bond acceptors (Lipinski definition) is 4. The van der Waals surface area contributed by atoms with E-state index in [9.17, 15) is 4.79 Å². The van der Waals surface area contributed by atoms with Gasteiger partial charge in [-0.05, 0) is 61.9 Å². The molecule has 31 heavy (non-hydrogen) atoms. The third-order valence-electron chi connectivity index (χ3n) is 4.43. The molecule has 0 atom stereocenters. The van der Waals surface area contributed by atoms with Crippen LogP contribution in [0.3, 0.4) is 0 Å². The summed E-state index contributed by atoms with van der Waals surface area (Å²) in [5.74, 6) is 0.712. The van der Waals surface area contributed by atoms with Crippen LogP contribution in [-0.4, -0.2) is 19.1 Å². The van der Waals surface area contributed by atoms with Gasteiger partial charge in [-0.1, -0.05) is 45.2 Å². The Hall–Kier alpha value is -2.70. The summed E-state index contributed by atoms with van der Waals surface area (Å²) >= 11 is 9.90. The highest BCUT2D eigenvalue weighted by Crippen LogP contribution is 2.34. The lowest BCUT2D eigenvalue weighted by atomic mass is 10.2. The third kappa shape index (κ3) is 6.91. The number of halogens is 2. The molecule has 0 saturated heterocycles. The number of nitrogens with one attached hydrogen (secondary N) is 2. The number of ether oxygens (including phenoxy) is 2. The molecule has 3 aromatic rings. The average Bonchev–Trinajstić information content (AvgIpc) is 2.75. The van der Waals surface area contributed by atoms with Gasteiger partial charge in [0.05, 0.1) is 6.61 Å². The van der Waals surface area contributed by atoms with Crippen molar-refractivity contribution in [1.82, 2.24) is 0 Å². The van der Waals surface area contributed by atoms with Gasteiger partial charge < -0.3 is 20.1 Å². The van der Waals surface area contributed by atoms with Gasteiger partial charge in [-0.3, -0.25) is 4.79 Å². The van der Waals surface area contributed by atoms with E-state index in [2.05, 4.69) is 26.6 Å². The second-order valence-corrected chi connectivity index (χ2v) is 8.21. The Labute approximate surface area is 195 Å². The first kappa shape index (κ1) is 23.0. The van der Waals surface area contributed by atoms with Gasteiger partial charge >= 0.3 is 0 Å². The normalized spacial score (nSPS) is 10.5. The average molecular weight is 504 g/mol. The summed E-state index contributed by atoms with van der Waals surface area (Å²) in [5.41, 5.74) is 3.69. The molecule has 0 bridgehead atoms. The number of aryl methyl sites for hydroxylation is 1. The lowest BCUT2D eigenvalue weighted by Gasteiger charge is -2.15. The number of benzene rings is 3. The van der Waals surface area contributed by atoms with Crippen molar-refractivity contribution in [3.8, 4) is 11.5 Å². The van der Waals surface area contributed by atoms with Crippen molar-refractivity contribution >= 4 is 44.8 Å². The van der Waals surface area contributed by atoms with E-state index in [1.165, 1.54) is 0 Å². The number of hydrogen-bond donors (Lipinski definition) is 2. The monoisotopic (exact) mass is 502 g/mol. The fourth-order valence-electron chi connectivity index (χ4n) is 2.84. The largest absolute Gasteiger partial charge is 0.490 e. The minimum atomic E-state index is -0.261. The summed E-state index contributed by atoms with van der Waals surface area (Å²) in [6.45, 7) is 4.72. The second-order valence-electron chi connectivity index (χ2n) is 6.89. The Balaban J connectivity index is 1.65. The quantitative estimate of drug-likeness (QED) is 0.353. The first-order valence-electron chi connectivity index (χ1n) is 9.88. The smallest absolute Gasteiger partial charge is 0.262 e. The van der Waals surface area contributed by atoms with Crippen molar-refractivity contribution in [2.24, 2.45) is 0 Å². The van der Waals surface area contributed by atoms with Crippen molar-refractivity contribution in [1.29, 1.82) is 0 Å². The van der Waals surface area contributed by atoms with Crippen LogP contribution in [0.4, 0.5) is 11.4 Å².